The molecule has 4 rings (SSSR count). The zero-order chi connectivity index (χ0) is 75.8. The van der Waals surface area contributed by atoms with E-state index in [1.54, 1.807) is 66.0 Å². The molecule has 101 heavy (non-hydrogen) atoms. The highest BCUT2D eigenvalue weighted by Crippen LogP contribution is 2.30. The lowest BCUT2D eigenvalue weighted by Gasteiger charge is -2.38. The summed E-state index contributed by atoms with van der Waals surface area (Å²) in [4.78, 5) is 173. The maximum atomic E-state index is 13.6. The van der Waals surface area contributed by atoms with Gasteiger partial charge in [-0.25, -0.2) is 19.2 Å². The van der Waals surface area contributed by atoms with Crippen LogP contribution in [0, 0.1) is 29.6 Å². The Hall–Kier alpha value is -8.57. The third-order valence-electron chi connectivity index (χ3n) is 18.1. The minimum atomic E-state index is -1.09. The number of Topliss-reactive ketones (excluding diaryl/α,β-unsaturated/α-hetero) is 1. The number of nitrogens with two attached hydrogens (primary N) is 1. The number of ether oxygens (including phenoxy) is 3. The van der Waals surface area contributed by atoms with Gasteiger partial charge in [-0.2, -0.15) is 0 Å². The van der Waals surface area contributed by atoms with Crippen molar-refractivity contribution in [3.05, 3.63) is 65.7 Å². The molecule has 2 fully saturated rings. The highest BCUT2D eigenvalue weighted by Gasteiger charge is 2.43. The van der Waals surface area contributed by atoms with E-state index in [1.807, 2.05) is 63.2 Å². The summed E-state index contributed by atoms with van der Waals surface area (Å²) in [5.74, 6) is -6.59. The molecule has 0 aliphatic carbocycles. The van der Waals surface area contributed by atoms with Crippen LogP contribution in [0.2, 0.25) is 0 Å². The number of carboxylic acid groups (broad SMARTS) is 1. The van der Waals surface area contributed by atoms with Crippen molar-refractivity contribution >= 4 is 82.8 Å². The molecule has 0 unspecified atom stereocenters. The van der Waals surface area contributed by atoms with Crippen LogP contribution in [-0.2, 0) is 84.8 Å². The number of likely N-dealkylation sites (tertiary alicyclic amines) is 1. The molecule has 0 radical (unpaired) electrons. The Morgan fingerprint density at radius 2 is 1.29 bits per heavy atom. The largest absolute Gasteiger partial charge is 0.480 e. The molecule has 11 amide bonds. The molecule has 29 nitrogen and oxygen atoms in total. The van der Waals surface area contributed by atoms with Crippen molar-refractivity contribution in [1.29, 1.82) is 0 Å². The van der Waals surface area contributed by atoms with Gasteiger partial charge in [0.15, 0.2) is 5.78 Å². The normalized spacial score (nSPS) is 16.6. The van der Waals surface area contributed by atoms with E-state index in [1.165, 1.54) is 26.0 Å². The van der Waals surface area contributed by atoms with Gasteiger partial charge in [-0.1, -0.05) is 124 Å². The summed E-state index contributed by atoms with van der Waals surface area (Å²) in [6.07, 6.45) is 3.93. The average Bonchev–Trinajstić information content (AvgIpc) is 1.75. The molecule has 2 saturated heterocycles. The van der Waals surface area contributed by atoms with Crippen molar-refractivity contribution < 1.29 is 86.5 Å². The number of carbonyl (C=O) groups excluding carboxylic acids is 12. The van der Waals surface area contributed by atoms with Crippen LogP contribution >= 0.6 is 0 Å². The molecule has 2 aliphatic heterocycles. The number of imide groups is 1. The average molecular weight is 1420 g/mol. The van der Waals surface area contributed by atoms with E-state index in [9.17, 15) is 67.4 Å². The quantitative estimate of drug-likeness (QED) is 0.0288. The molecule has 0 aromatic heterocycles. The monoisotopic (exact) mass is 1420 g/mol. The Labute approximate surface area is 594 Å². The van der Waals surface area contributed by atoms with E-state index in [-0.39, 0.29) is 118 Å². The number of hydrogen-bond donors (Lipinski definition) is 8. The Balaban J connectivity index is 0.000000593. The summed E-state index contributed by atoms with van der Waals surface area (Å²) in [7, 11) is 8.65. The van der Waals surface area contributed by atoms with Gasteiger partial charge in [0.1, 0.15) is 30.8 Å². The second-order valence-corrected chi connectivity index (χ2v) is 27.3. The van der Waals surface area contributed by atoms with Crippen LogP contribution in [0.3, 0.4) is 0 Å². The number of nitrogens with zero attached hydrogens (tertiary/aromatic N) is 4. The number of aliphatic carboxylic acids is 1. The second kappa shape index (κ2) is 43.9. The Kier molecular flexibility index (Phi) is 37.7. The predicted octanol–water partition coefficient (Wildman–Crippen LogP) is 5.79. The van der Waals surface area contributed by atoms with Crippen LogP contribution in [0.1, 0.15) is 170 Å². The predicted molar refractivity (Wildman–Crippen MR) is 376 cm³/mol. The van der Waals surface area contributed by atoms with E-state index < -0.39 is 102 Å². The highest BCUT2D eigenvalue weighted by atomic mass is 16.7. The summed E-state index contributed by atoms with van der Waals surface area (Å²) in [5, 5.41) is 26.3. The zero-order valence-electron chi connectivity index (χ0n) is 61.8. The Morgan fingerprint density at radius 1 is 0.683 bits per heavy atom. The lowest BCUT2D eigenvalue weighted by Crippen LogP contribution is -2.55. The summed E-state index contributed by atoms with van der Waals surface area (Å²) >= 11 is 0. The number of benzene rings is 2. The molecule has 2 aromatic carbocycles. The van der Waals surface area contributed by atoms with Crippen molar-refractivity contribution in [3.8, 4) is 0 Å². The third kappa shape index (κ3) is 28.8. The van der Waals surface area contributed by atoms with Gasteiger partial charge in [-0.3, -0.25) is 48.1 Å². The van der Waals surface area contributed by atoms with Crippen LogP contribution in [0.4, 0.5) is 15.3 Å². The number of urea groups is 1. The maximum Gasteiger partial charge on any atom is 0.410 e. The van der Waals surface area contributed by atoms with Crippen LogP contribution in [0.5, 0.6) is 0 Å². The topological polar surface area (TPSA) is 390 Å². The number of anilines is 1. The minimum Gasteiger partial charge on any atom is -0.480 e. The Morgan fingerprint density at radius 3 is 1.82 bits per heavy atom. The first kappa shape index (κ1) is 86.7. The van der Waals surface area contributed by atoms with Gasteiger partial charge in [0.05, 0.1) is 36.6 Å². The van der Waals surface area contributed by atoms with Crippen molar-refractivity contribution in [3.63, 3.8) is 0 Å². The summed E-state index contributed by atoms with van der Waals surface area (Å²) in [6, 6.07) is 9.97. The molecule has 11 atom stereocenters. The van der Waals surface area contributed by atoms with E-state index in [0.29, 0.717) is 60.9 Å². The molecule has 29 heteroatoms. The number of hydrogen-bond acceptors (Lipinski definition) is 18. The molecule has 2 aromatic rings. The molecule has 2 heterocycles. The van der Waals surface area contributed by atoms with Gasteiger partial charge in [-0.05, 0) is 106 Å². The van der Waals surface area contributed by atoms with Gasteiger partial charge < -0.3 is 71.6 Å². The first-order valence-corrected chi connectivity index (χ1v) is 35.1. The van der Waals surface area contributed by atoms with Crippen molar-refractivity contribution in [1.82, 2.24) is 46.3 Å². The van der Waals surface area contributed by atoms with Crippen LogP contribution in [0.15, 0.2) is 54.6 Å². The first-order chi connectivity index (χ1) is 47.7. The number of nitrogens with one attached hydrogen (secondary N) is 6. The number of amides is 11. The van der Waals surface area contributed by atoms with E-state index in [0.717, 1.165) is 18.4 Å². The minimum absolute atomic E-state index is 0.0000967. The number of primary amides is 1. The fourth-order valence-corrected chi connectivity index (χ4v) is 12.4. The van der Waals surface area contributed by atoms with Gasteiger partial charge in [0, 0.05) is 78.2 Å². The number of methoxy groups -OCH3 is 2. The molecular formula is C72H113N11O18. The van der Waals surface area contributed by atoms with Gasteiger partial charge in [0.25, 0.3) is 11.8 Å². The summed E-state index contributed by atoms with van der Waals surface area (Å²) < 4.78 is 17.1. The van der Waals surface area contributed by atoms with Crippen molar-refractivity contribution in [2.75, 3.05) is 53.8 Å². The lowest BCUT2D eigenvalue weighted by molar-refractivity contribution is -0.197. The van der Waals surface area contributed by atoms with Crippen molar-refractivity contribution in [2.45, 2.75) is 227 Å². The van der Waals surface area contributed by atoms with E-state index >= 15 is 0 Å². The molecule has 0 bridgehead atoms. The molecule has 9 N–H and O–H groups in total. The number of hydroxylamine groups is 2. The van der Waals surface area contributed by atoms with Gasteiger partial charge in [0.2, 0.25) is 35.4 Å². The SMILES string of the molecule is CC(=O)[C@@H](NC(=O)[C@H](C(C)C)N(C)C(=O)OCc1ccc(NC(=O)[C@H](CCCNC(N)=O)NC(=O)[C@@H](NC(=O)CCCCCCC(=O)ON2C(=O)CCC2=O)C(C)C)cc1)C(C)C.CC[C@H](C)[C@@H]([C@@H](CC(=O)N1CCC[C@H]1[C@H](OC)[C@@H](C)C(=O)N[C@@H](Cc1ccccc1)C(=O)O)OC)N(C)C. The van der Waals surface area contributed by atoms with E-state index in [4.69, 9.17) is 24.8 Å². The molecular weight excluding hydrogens is 1310 g/mol. The number of rotatable bonds is 41. The molecule has 564 valence electrons. The molecule has 2 aliphatic rings. The lowest BCUT2D eigenvalue weighted by atomic mass is 9.90. The number of carbonyl (C=O) groups is 13. The number of unbranched alkanes of at least 4 members (excludes halogenated alkanes) is 3. The van der Waals surface area contributed by atoms with Crippen LogP contribution in [0.25, 0.3) is 0 Å². The smallest absolute Gasteiger partial charge is 0.410 e. The standard InChI is InChI=1S/C43H66N8O12.C29H47N3O6/c1-25(2)36(28(7)52)49-41(59)38(27(5)6)50(8)43(61)62-24-29-17-19-30(20-18-29)46-39(57)31(14-13-23-45-42(44)60)47-40(58)37(26(3)4)48-32(53)15-11-9-10-12-16-35(56)63-51-33(54)21-22-34(51)55;1-8-19(2)26(31(4)5)24(37-6)18-25(33)32-16-12-15-23(32)27(38-7)20(3)28(34)30-22(29(35)36)17-21-13-10-9-11-14-21/h17-20,25-27,31,36-38H,9-16,21-24H2,1-8H3,(H,46,57)(H,47,58)(H,48,53)(H,49,59)(H3,44,45,60);9-11,13-14,19-20,22-24,26-27H,8,12,15-18H2,1-7H3,(H,30,34)(H,35,36)/t31-,36-,37-,38-;19-,20+,22-,23-,24+,26-,27+/m00/s1. The molecule has 0 saturated carbocycles. The van der Waals surface area contributed by atoms with Gasteiger partial charge >= 0.3 is 24.1 Å². The molecule has 0 spiro atoms. The highest BCUT2D eigenvalue weighted by molar-refractivity contribution is 6.02. The summed E-state index contributed by atoms with van der Waals surface area (Å²) in [5.41, 5.74) is 6.94. The fraction of sp³-hybridized carbons (Fsp3) is 0.653. The fourth-order valence-electron chi connectivity index (χ4n) is 12.4. The number of carboxylic acids is 1. The summed E-state index contributed by atoms with van der Waals surface area (Å²) in [6.45, 7) is 18.7. The maximum absolute atomic E-state index is 13.6. The third-order valence-corrected chi connectivity index (χ3v) is 18.1. The van der Waals surface area contributed by atoms with Crippen molar-refractivity contribution in [2.24, 2.45) is 35.3 Å². The second-order valence-electron chi connectivity index (χ2n) is 27.3. The van der Waals surface area contributed by atoms with Gasteiger partial charge in [-0.15, -0.1) is 5.06 Å². The van der Waals surface area contributed by atoms with Crippen LogP contribution in [-0.4, -0.2) is 205 Å². The first-order valence-electron chi connectivity index (χ1n) is 35.1. The zero-order valence-corrected chi connectivity index (χ0v) is 61.8. The van der Waals surface area contributed by atoms with E-state index in [2.05, 4.69) is 50.6 Å². The number of likely N-dealkylation sites (N-methyl/N-ethyl adjacent to an activating group) is 2. The number of ketones is 1. The van der Waals surface area contributed by atoms with Crippen LogP contribution < -0.4 is 37.6 Å². The Bertz CT molecular complexity index is 3040.